The van der Waals surface area contributed by atoms with Gasteiger partial charge in [-0.05, 0) is 76.7 Å². The third kappa shape index (κ3) is 5.97. The zero-order valence-corrected chi connectivity index (χ0v) is 24.8. The molecule has 0 atom stereocenters. The van der Waals surface area contributed by atoms with Gasteiger partial charge in [0, 0.05) is 15.5 Å². The molecule has 0 radical (unpaired) electrons. The monoisotopic (exact) mass is 569 g/mol. The summed E-state index contributed by atoms with van der Waals surface area (Å²) in [6.07, 6.45) is 8.73. The molecule has 1 heterocycles. The first-order chi connectivity index (χ1) is 21.2. The lowest BCUT2D eigenvalue weighted by Crippen LogP contribution is -2.14. The van der Waals surface area contributed by atoms with Crippen molar-refractivity contribution in [1.29, 1.82) is 0 Å². The minimum atomic E-state index is 1.16. The molecule has 1 aliphatic rings. The highest BCUT2D eigenvalue weighted by Gasteiger charge is 2.24. The van der Waals surface area contributed by atoms with Crippen LogP contribution in [0.25, 0.3) is 35.4 Å². The highest BCUT2D eigenvalue weighted by Crippen LogP contribution is 2.51. The van der Waals surface area contributed by atoms with Crippen LogP contribution in [0.3, 0.4) is 0 Å². The van der Waals surface area contributed by atoms with Crippen LogP contribution in [0, 0.1) is 6.92 Å². The molecule has 1 nitrogen and oxygen atoms in total. The van der Waals surface area contributed by atoms with Crippen LogP contribution < -0.4 is 4.90 Å². The van der Waals surface area contributed by atoms with Crippen molar-refractivity contribution in [2.45, 2.75) is 16.7 Å². The summed E-state index contributed by atoms with van der Waals surface area (Å²) < 4.78 is 0. The van der Waals surface area contributed by atoms with Crippen molar-refractivity contribution in [1.82, 2.24) is 0 Å². The van der Waals surface area contributed by atoms with Gasteiger partial charge in [0.25, 0.3) is 0 Å². The highest BCUT2D eigenvalue weighted by molar-refractivity contribution is 7.99. The molecule has 0 unspecified atom stereocenters. The summed E-state index contributed by atoms with van der Waals surface area (Å²) >= 11 is 1.84. The van der Waals surface area contributed by atoms with Gasteiger partial charge in [-0.15, -0.1) is 0 Å². The summed E-state index contributed by atoms with van der Waals surface area (Å²) in [6, 6.07) is 52.1. The second-order valence-electron chi connectivity index (χ2n) is 10.8. The van der Waals surface area contributed by atoms with Gasteiger partial charge in [0.05, 0.1) is 11.4 Å². The molecule has 43 heavy (non-hydrogen) atoms. The summed E-state index contributed by atoms with van der Waals surface area (Å²) in [5.41, 5.74) is 12.1. The van der Waals surface area contributed by atoms with Crippen LogP contribution >= 0.6 is 11.8 Å². The minimum absolute atomic E-state index is 1.16. The smallest absolute Gasteiger partial charge is 0.0601 e. The van der Waals surface area contributed by atoms with Crippen molar-refractivity contribution in [3.63, 3.8) is 0 Å². The van der Waals surface area contributed by atoms with Crippen LogP contribution in [0.2, 0.25) is 0 Å². The molecule has 1 aliphatic heterocycles. The average Bonchev–Trinajstić information content (AvgIpc) is 3.06. The van der Waals surface area contributed by atoms with E-state index >= 15 is 0 Å². The molecule has 0 aliphatic carbocycles. The maximum absolute atomic E-state index is 2.37. The van der Waals surface area contributed by atoms with Crippen LogP contribution in [0.5, 0.6) is 0 Å². The van der Waals surface area contributed by atoms with Gasteiger partial charge in [-0.25, -0.2) is 0 Å². The molecule has 206 valence electrons. The molecule has 0 N–H and O–H groups in total. The zero-order chi connectivity index (χ0) is 29.0. The first kappa shape index (κ1) is 26.8. The topological polar surface area (TPSA) is 3.24 Å². The molecule has 0 saturated carbocycles. The Morgan fingerprint density at radius 2 is 0.930 bits per heavy atom. The largest absolute Gasteiger partial charge is 0.308 e. The number of anilines is 3. The van der Waals surface area contributed by atoms with E-state index in [4.69, 9.17) is 0 Å². The number of nitrogens with zero attached hydrogens (tertiary/aromatic N) is 1. The van der Waals surface area contributed by atoms with E-state index in [-0.39, 0.29) is 0 Å². The van der Waals surface area contributed by atoms with Gasteiger partial charge >= 0.3 is 0 Å². The fourth-order valence-corrected chi connectivity index (χ4v) is 6.54. The van der Waals surface area contributed by atoms with Crippen molar-refractivity contribution in [3.8, 4) is 11.1 Å². The van der Waals surface area contributed by atoms with Gasteiger partial charge in [-0.1, -0.05) is 151 Å². The Morgan fingerprint density at radius 1 is 0.442 bits per heavy atom. The molecule has 0 saturated heterocycles. The van der Waals surface area contributed by atoms with E-state index < -0.39 is 0 Å². The lowest BCUT2D eigenvalue weighted by molar-refractivity contribution is 1.16. The fourth-order valence-electron chi connectivity index (χ4n) is 5.48. The fraction of sp³-hybridized carbons (Fsp3) is 0.0244. The zero-order valence-electron chi connectivity index (χ0n) is 24.0. The van der Waals surface area contributed by atoms with E-state index in [1.54, 1.807) is 0 Å². The molecule has 6 aromatic carbocycles. The maximum Gasteiger partial charge on any atom is 0.0601 e. The number of hydrogen-bond donors (Lipinski definition) is 0. The first-order valence-corrected chi connectivity index (χ1v) is 15.4. The molecular weight excluding hydrogens is 539 g/mol. The molecule has 0 fully saturated rings. The van der Waals surface area contributed by atoms with E-state index in [9.17, 15) is 0 Å². The van der Waals surface area contributed by atoms with Gasteiger partial charge in [0.1, 0.15) is 0 Å². The lowest BCUT2D eigenvalue weighted by Gasteiger charge is -2.32. The number of benzene rings is 6. The second kappa shape index (κ2) is 12.1. The molecule has 0 spiro atoms. The third-order valence-electron chi connectivity index (χ3n) is 7.69. The molecule has 2 heteroatoms. The first-order valence-electron chi connectivity index (χ1n) is 14.6. The molecule has 0 bridgehead atoms. The summed E-state index contributed by atoms with van der Waals surface area (Å²) in [4.78, 5) is 4.92. The molecule has 7 rings (SSSR count). The predicted molar refractivity (Wildman–Crippen MR) is 186 cm³/mol. The van der Waals surface area contributed by atoms with E-state index in [2.05, 4.69) is 182 Å². The van der Waals surface area contributed by atoms with Crippen LogP contribution in [0.1, 0.15) is 27.8 Å². The number of hydrogen-bond acceptors (Lipinski definition) is 2. The van der Waals surface area contributed by atoms with Gasteiger partial charge in [0.2, 0.25) is 0 Å². The molecule has 0 amide bonds. The second-order valence-corrected chi connectivity index (χ2v) is 11.9. The minimum Gasteiger partial charge on any atom is -0.308 e. The van der Waals surface area contributed by atoms with Gasteiger partial charge in [-0.2, -0.15) is 0 Å². The number of rotatable bonds is 6. The normalized spacial score (nSPS) is 12.4. The van der Waals surface area contributed by atoms with Crippen molar-refractivity contribution in [2.75, 3.05) is 4.90 Å². The standard InChI is InChI=1S/C41H31NS/c1-30-8-6-9-33(28-30)18-16-31-20-24-35(25-21-31)36-26-22-32(23-27-36)17-19-34-10-7-11-37(29-34)42-38-12-2-4-14-40(38)43-41-15-5-3-13-39(41)42/h2-29H,1H3/b18-16+,19-17+. The quantitative estimate of drug-likeness (QED) is 0.183. The number of para-hydroxylation sites is 2. The SMILES string of the molecule is Cc1cccc(/C=C/c2ccc(-c3ccc(/C=C/c4cccc(N5c6ccccc6Sc6ccccc65)c4)cc3)cc2)c1. The Hall–Kier alpha value is -5.05. The van der Waals surface area contributed by atoms with Crippen molar-refractivity contribution < 1.29 is 0 Å². The summed E-state index contributed by atoms with van der Waals surface area (Å²) in [7, 11) is 0. The summed E-state index contributed by atoms with van der Waals surface area (Å²) in [5, 5.41) is 0. The summed E-state index contributed by atoms with van der Waals surface area (Å²) in [5.74, 6) is 0. The Kier molecular flexibility index (Phi) is 7.52. The van der Waals surface area contributed by atoms with Crippen molar-refractivity contribution in [3.05, 3.63) is 173 Å². The third-order valence-corrected chi connectivity index (χ3v) is 8.82. The number of aryl methyl sites for hydroxylation is 1. The van der Waals surface area contributed by atoms with Gasteiger partial charge in [0.15, 0.2) is 0 Å². The molecular formula is C41H31NS. The van der Waals surface area contributed by atoms with Gasteiger partial charge in [-0.3, -0.25) is 0 Å². The summed E-state index contributed by atoms with van der Waals surface area (Å²) in [6.45, 7) is 2.12. The van der Waals surface area contributed by atoms with E-state index in [1.807, 2.05) is 11.8 Å². The maximum atomic E-state index is 2.37. The van der Waals surface area contributed by atoms with E-state index in [1.165, 1.54) is 60.1 Å². The van der Waals surface area contributed by atoms with Crippen LogP contribution in [0.15, 0.2) is 155 Å². The predicted octanol–water partition coefficient (Wildman–Crippen LogP) is 11.9. The molecule has 6 aromatic rings. The van der Waals surface area contributed by atoms with E-state index in [0.29, 0.717) is 0 Å². The van der Waals surface area contributed by atoms with Crippen molar-refractivity contribution >= 4 is 53.1 Å². The van der Waals surface area contributed by atoms with Crippen LogP contribution in [-0.2, 0) is 0 Å². The van der Waals surface area contributed by atoms with Gasteiger partial charge < -0.3 is 4.90 Å². The Balaban J connectivity index is 1.07. The lowest BCUT2D eigenvalue weighted by atomic mass is 10.0. The highest BCUT2D eigenvalue weighted by atomic mass is 32.2. The van der Waals surface area contributed by atoms with Crippen LogP contribution in [-0.4, -0.2) is 0 Å². The van der Waals surface area contributed by atoms with Crippen molar-refractivity contribution in [2.24, 2.45) is 0 Å². The Bertz CT molecular complexity index is 1900. The van der Waals surface area contributed by atoms with E-state index in [0.717, 1.165) is 5.69 Å². The Morgan fingerprint density at radius 3 is 1.49 bits per heavy atom. The molecule has 0 aromatic heterocycles. The Labute approximate surface area is 258 Å². The number of fused-ring (bicyclic) bond motifs is 2. The van der Waals surface area contributed by atoms with Crippen LogP contribution in [0.4, 0.5) is 17.1 Å². The average molecular weight is 570 g/mol.